The van der Waals surface area contributed by atoms with Crippen molar-refractivity contribution in [2.24, 2.45) is 0 Å². The standard InChI is InChI=1S/C17H20N2O4S2/c1-22-14-10-12(2-3-13(14)20)11-15-16(21)19(17(24)25-15)5-4-18-6-8-23-9-7-18/h2-3,10-11,20H,4-9H2,1H3. The minimum Gasteiger partial charge on any atom is -0.504 e. The number of thioether (sulfide) groups is 1. The summed E-state index contributed by atoms with van der Waals surface area (Å²) in [5, 5.41) is 9.67. The summed E-state index contributed by atoms with van der Waals surface area (Å²) in [6.07, 6.45) is 1.77. The lowest BCUT2D eigenvalue weighted by atomic mass is 10.2. The van der Waals surface area contributed by atoms with Crippen molar-refractivity contribution in [1.29, 1.82) is 0 Å². The van der Waals surface area contributed by atoms with Crippen molar-refractivity contribution in [3.63, 3.8) is 0 Å². The topological polar surface area (TPSA) is 62.2 Å². The Kier molecular flexibility index (Phi) is 5.95. The van der Waals surface area contributed by atoms with E-state index < -0.39 is 0 Å². The predicted octanol–water partition coefficient (Wildman–Crippen LogP) is 1.93. The number of carbonyl (C=O) groups is 1. The number of aromatic hydroxyl groups is 1. The molecular weight excluding hydrogens is 360 g/mol. The summed E-state index contributed by atoms with van der Waals surface area (Å²) in [6, 6.07) is 4.97. The van der Waals surface area contributed by atoms with Gasteiger partial charge in [0.05, 0.1) is 25.2 Å². The Balaban J connectivity index is 1.67. The molecule has 0 unspecified atom stereocenters. The number of ether oxygens (including phenoxy) is 2. The van der Waals surface area contributed by atoms with Gasteiger partial charge in [-0.15, -0.1) is 0 Å². The number of hydrogen-bond acceptors (Lipinski definition) is 7. The van der Waals surface area contributed by atoms with Gasteiger partial charge in [0.15, 0.2) is 11.5 Å². The van der Waals surface area contributed by atoms with Crippen LogP contribution in [0.15, 0.2) is 23.1 Å². The summed E-state index contributed by atoms with van der Waals surface area (Å²) in [5.41, 5.74) is 0.781. The molecule has 8 heteroatoms. The monoisotopic (exact) mass is 380 g/mol. The van der Waals surface area contributed by atoms with Crippen LogP contribution in [0.1, 0.15) is 5.56 Å². The Morgan fingerprint density at radius 3 is 2.84 bits per heavy atom. The molecule has 2 fully saturated rings. The molecule has 0 spiro atoms. The third kappa shape index (κ3) is 4.33. The second kappa shape index (κ2) is 8.18. The SMILES string of the molecule is COc1cc(C=C2SC(=S)N(CCN3CCOCC3)C2=O)ccc1O. The summed E-state index contributed by atoms with van der Waals surface area (Å²) in [6.45, 7) is 4.62. The Morgan fingerprint density at radius 1 is 1.36 bits per heavy atom. The van der Waals surface area contributed by atoms with Crippen LogP contribution in [0.3, 0.4) is 0 Å². The first-order chi connectivity index (χ1) is 12.1. The molecule has 6 nitrogen and oxygen atoms in total. The minimum absolute atomic E-state index is 0.0673. The van der Waals surface area contributed by atoms with Gasteiger partial charge in [-0.3, -0.25) is 14.6 Å². The molecule has 1 amide bonds. The minimum atomic E-state index is -0.0738. The highest BCUT2D eigenvalue weighted by Crippen LogP contribution is 2.34. The van der Waals surface area contributed by atoms with Gasteiger partial charge in [0.2, 0.25) is 0 Å². The molecule has 0 radical (unpaired) electrons. The van der Waals surface area contributed by atoms with Crippen molar-refractivity contribution in [2.75, 3.05) is 46.5 Å². The molecular formula is C17H20N2O4S2. The second-order valence-corrected chi connectivity index (χ2v) is 7.39. The number of amides is 1. The average Bonchev–Trinajstić information content (AvgIpc) is 2.89. The van der Waals surface area contributed by atoms with Crippen LogP contribution in [0.5, 0.6) is 11.5 Å². The number of carbonyl (C=O) groups excluding carboxylic acids is 1. The van der Waals surface area contributed by atoms with Crippen molar-refractivity contribution in [3.05, 3.63) is 28.7 Å². The first kappa shape index (κ1) is 18.2. The van der Waals surface area contributed by atoms with Crippen molar-refractivity contribution in [2.45, 2.75) is 0 Å². The first-order valence-corrected chi connectivity index (χ1v) is 9.23. The number of phenolic OH excluding ortho intramolecular Hbond substituents is 1. The summed E-state index contributed by atoms with van der Waals surface area (Å²) in [4.78, 5) is 17.1. The Hall–Kier alpha value is -1.61. The van der Waals surface area contributed by atoms with Crippen LogP contribution in [0, 0.1) is 0 Å². The van der Waals surface area contributed by atoms with Crippen molar-refractivity contribution >= 4 is 40.3 Å². The Bertz CT molecular complexity index is 702. The van der Waals surface area contributed by atoms with Gasteiger partial charge < -0.3 is 14.6 Å². The molecule has 0 aromatic heterocycles. The summed E-state index contributed by atoms with van der Waals surface area (Å²) in [7, 11) is 1.49. The van der Waals surface area contributed by atoms with E-state index in [-0.39, 0.29) is 11.7 Å². The highest BCUT2D eigenvalue weighted by Gasteiger charge is 2.32. The predicted molar refractivity (Wildman–Crippen MR) is 102 cm³/mol. The van der Waals surface area contributed by atoms with E-state index in [2.05, 4.69) is 4.90 Å². The smallest absolute Gasteiger partial charge is 0.266 e. The van der Waals surface area contributed by atoms with Gasteiger partial charge in [0, 0.05) is 26.2 Å². The number of phenols is 1. The zero-order valence-corrected chi connectivity index (χ0v) is 15.6. The van der Waals surface area contributed by atoms with Crippen LogP contribution in [0.2, 0.25) is 0 Å². The fourth-order valence-electron chi connectivity index (χ4n) is 2.69. The first-order valence-electron chi connectivity index (χ1n) is 8.01. The molecule has 0 aliphatic carbocycles. The van der Waals surface area contributed by atoms with Crippen LogP contribution < -0.4 is 4.74 Å². The molecule has 3 rings (SSSR count). The molecule has 1 aromatic carbocycles. The normalized spacial score (nSPS) is 20.5. The zero-order valence-electron chi connectivity index (χ0n) is 13.9. The van der Waals surface area contributed by atoms with Crippen molar-refractivity contribution in [1.82, 2.24) is 9.80 Å². The van der Waals surface area contributed by atoms with Crippen LogP contribution in [-0.2, 0) is 9.53 Å². The number of methoxy groups -OCH3 is 1. The number of rotatable bonds is 5. The molecule has 0 saturated carbocycles. The molecule has 2 aliphatic heterocycles. The van der Waals surface area contributed by atoms with Crippen LogP contribution in [-0.4, -0.2) is 71.6 Å². The molecule has 2 heterocycles. The van der Waals surface area contributed by atoms with E-state index in [9.17, 15) is 9.90 Å². The van der Waals surface area contributed by atoms with Crippen molar-refractivity contribution < 1.29 is 19.4 Å². The third-order valence-corrected chi connectivity index (χ3v) is 5.50. The van der Waals surface area contributed by atoms with E-state index in [0.29, 0.717) is 21.5 Å². The van der Waals surface area contributed by atoms with E-state index >= 15 is 0 Å². The quantitative estimate of drug-likeness (QED) is 0.619. The fraction of sp³-hybridized carbons (Fsp3) is 0.412. The van der Waals surface area contributed by atoms with E-state index in [4.69, 9.17) is 21.7 Å². The molecule has 0 bridgehead atoms. The molecule has 0 atom stereocenters. The number of benzene rings is 1. The largest absolute Gasteiger partial charge is 0.504 e. The number of hydrogen-bond donors (Lipinski definition) is 1. The van der Waals surface area contributed by atoms with Crippen LogP contribution >= 0.6 is 24.0 Å². The summed E-state index contributed by atoms with van der Waals surface area (Å²) < 4.78 is 11.0. The maximum absolute atomic E-state index is 12.6. The van der Waals surface area contributed by atoms with Crippen LogP contribution in [0.25, 0.3) is 6.08 Å². The summed E-state index contributed by atoms with van der Waals surface area (Å²) >= 11 is 6.67. The lowest BCUT2D eigenvalue weighted by molar-refractivity contribution is -0.122. The third-order valence-electron chi connectivity index (χ3n) is 4.12. The lowest BCUT2D eigenvalue weighted by Gasteiger charge is -2.28. The van der Waals surface area contributed by atoms with E-state index in [0.717, 1.165) is 38.4 Å². The van der Waals surface area contributed by atoms with Gasteiger partial charge in [0.1, 0.15) is 4.32 Å². The average molecular weight is 380 g/mol. The number of morpholine rings is 1. The van der Waals surface area contributed by atoms with Gasteiger partial charge in [-0.2, -0.15) is 0 Å². The maximum Gasteiger partial charge on any atom is 0.266 e. The van der Waals surface area contributed by atoms with E-state index in [1.54, 1.807) is 29.2 Å². The Morgan fingerprint density at radius 2 is 2.12 bits per heavy atom. The lowest BCUT2D eigenvalue weighted by Crippen LogP contribution is -2.42. The van der Waals surface area contributed by atoms with Gasteiger partial charge in [-0.1, -0.05) is 30.0 Å². The molecule has 1 N–H and O–H groups in total. The summed E-state index contributed by atoms with van der Waals surface area (Å²) in [5.74, 6) is 0.365. The van der Waals surface area contributed by atoms with Gasteiger partial charge in [-0.05, 0) is 23.8 Å². The van der Waals surface area contributed by atoms with E-state index in [1.165, 1.54) is 18.9 Å². The molecule has 134 valence electrons. The molecule has 25 heavy (non-hydrogen) atoms. The highest BCUT2D eigenvalue weighted by atomic mass is 32.2. The second-order valence-electron chi connectivity index (χ2n) is 5.72. The fourth-order valence-corrected chi connectivity index (χ4v) is 4.00. The van der Waals surface area contributed by atoms with Gasteiger partial charge in [0.25, 0.3) is 5.91 Å². The molecule has 2 saturated heterocycles. The maximum atomic E-state index is 12.6. The van der Waals surface area contributed by atoms with Gasteiger partial charge >= 0.3 is 0 Å². The number of thiocarbonyl (C=S) groups is 1. The molecule has 2 aliphatic rings. The van der Waals surface area contributed by atoms with Crippen molar-refractivity contribution in [3.8, 4) is 11.5 Å². The number of nitrogens with zero attached hydrogens (tertiary/aromatic N) is 2. The Labute approximate surface area is 156 Å². The van der Waals surface area contributed by atoms with Crippen LogP contribution in [0.4, 0.5) is 0 Å². The zero-order chi connectivity index (χ0) is 17.8. The van der Waals surface area contributed by atoms with E-state index in [1.807, 2.05) is 0 Å². The molecule has 1 aromatic rings. The highest BCUT2D eigenvalue weighted by molar-refractivity contribution is 8.26. The van der Waals surface area contributed by atoms with Gasteiger partial charge in [-0.25, -0.2) is 0 Å².